The maximum absolute atomic E-state index is 9.44. The smallest absolute Gasteiger partial charge is 0.305 e. The van der Waals surface area contributed by atoms with Gasteiger partial charge in [0.15, 0.2) is 0 Å². The second-order valence-electron chi connectivity index (χ2n) is 15.9. The zero-order chi connectivity index (χ0) is 109. The number of rotatable bonds is 2. The quantitative estimate of drug-likeness (QED) is 0.188. The van der Waals surface area contributed by atoms with Crippen molar-refractivity contribution < 1.29 is 302 Å². The van der Waals surface area contributed by atoms with E-state index in [-0.39, 0.29) is 13.0 Å². The molecule has 0 fully saturated rings. The minimum Gasteiger partial charge on any atom is -0.481 e. The van der Waals surface area contributed by atoms with E-state index >= 15 is 0 Å². The lowest BCUT2D eigenvalue weighted by molar-refractivity contribution is -0.138. The summed E-state index contributed by atoms with van der Waals surface area (Å²) in [6.45, 7) is 31.1. The van der Waals surface area contributed by atoms with E-state index in [1.54, 1.807) is 0 Å². The van der Waals surface area contributed by atoms with Crippen LogP contribution in [-0.4, -0.2) is 344 Å². The first-order valence-electron chi connectivity index (χ1n) is 28.5. The number of hydrogen-bond acceptors (Lipinski definition) is 31. The second kappa shape index (κ2) is 197. The van der Waals surface area contributed by atoms with Crippen molar-refractivity contribution in [2.45, 2.75) is 207 Å². The molecule has 0 radical (unpaired) electrons. The fourth-order valence-electron chi connectivity index (χ4n) is 0.0956. The van der Waals surface area contributed by atoms with E-state index in [4.69, 9.17) is 297 Å². The molecule has 61 heteroatoms. The van der Waals surface area contributed by atoms with Gasteiger partial charge in [-0.25, -0.2) is 0 Å². The molecule has 61 nitrogen and oxygen atoms in total. The van der Waals surface area contributed by atoms with Gasteiger partial charge < -0.3 is 158 Å². The first-order valence-corrected chi connectivity index (χ1v) is 28.5. The molecule has 0 rings (SSSR count). The lowest BCUT2D eigenvalue weighted by atomic mass is 10.5. The molecular weight excluding hydrogens is 1710 g/mol. The Morgan fingerprint density at radius 1 is 0.107 bits per heavy atom. The van der Waals surface area contributed by atoms with Gasteiger partial charge >= 0.3 is 5.97 Å². The van der Waals surface area contributed by atoms with E-state index < -0.39 is 179 Å². The normalized spacial score (nSPS) is 6.34. The predicted octanol–water partition coefficient (Wildman–Crippen LogP) is 2.09. The maximum Gasteiger partial charge on any atom is 0.305 e. The van der Waals surface area contributed by atoms with Gasteiger partial charge in [0.1, 0.15) is 0 Å². The summed E-state index contributed by atoms with van der Waals surface area (Å²) in [6.07, 6.45) is -0.153. The molecule has 0 saturated carbocycles. The molecule has 0 bridgehead atoms. The summed E-state index contributed by atoms with van der Waals surface area (Å²) in [5, 5.41) is 231. The third-order valence-electron chi connectivity index (χ3n) is 0.326. The Morgan fingerprint density at radius 3 is 0.131 bits per heavy atom. The molecule has 0 aromatic rings. The van der Waals surface area contributed by atoms with E-state index in [2.05, 4.69) is 0 Å². The van der Waals surface area contributed by atoms with E-state index in [1.165, 1.54) is 0 Å². The SMILES string of the molecule is CC(=O)O.CC(=O)O.CC(=O)O.CC(=O)O.CC(=O)O.CC(=O)O.CC(=O)O.CC(=O)O.CC(=O)O.CC(=O)O.CC(=O)O.CC(=O)O.CC(=O)O.CC(=O)O.CC(=O)O.CC(=O)O.CC(=O)O.CC(=O)O.CC(=O)O.CC(=O)O.CC(=O)O.CC(=O)O.CC(=O)O.CC(=O)O.CC(=O)O.CC(=O)O.CC(=O)O.CC(=O)O.CC(=O)O.O=C(O)CCO. The van der Waals surface area contributed by atoms with Crippen molar-refractivity contribution in [3.8, 4) is 0 Å². The molecular formula is C61H122O61. The molecule has 0 saturated heterocycles. The number of aliphatic carboxylic acids is 30. The summed E-state index contributed by atoms with van der Waals surface area (Å²) in [5.41, 5.74) is 0. The van der Waals surface area contributed by atoms with Crippen molar-refractivity contribution >= 4 is 179 Å². The molecule has 0 unspecified atom stereocenters. The highest BCUT2D eigenvalue weighted by Gasteiger charge is 1.89. The van der Waals surface area contributed by atoms with E-state index in [9.17, 15) is 4.79 Å². The fourth-order valence-corrected chi connectivity index (χ4v) is 0.0956. The lowest BCUT2D eigenvalue weighted by Crippen LogP contribution is -1.96. The summed E-state index contributed by atoms with van der Waals surface area (Å²) < 4.78 is 0. The van der Waals surface area contributed by atoms with Crippen LogP contribution in [0.1, 0.15) is 207 Å². The standard InChI is InChI=1S/C3H6O3.29C2H4O2/c4-2-1-3(5)6;29*1-2(3)4/h4H,1-2H2,(H,5,6);29*1H3,(H,3,4). The Hall–Kier alpha value is -15.9. The first kappa shape index (κ1) is 202. The molecule has 0 spiro atoms. The highest BCUT2D eigenvalue weighted by molar-refractivity contribution is 5.70. The van der Waals surface area contributed by atoms with Crippen LogP contribution in [0.15, 0.2) is 0 Å². The highest BCUT2D eigenvalue weighted by Crippen LogP contribution is 1.70. The number of hydrogen-bond donors (Lipinski definition) is 31. The summed E-state index contributed by atoms with van der Waals surface area (Å²) in [7, 11) is 0. The van der Waals surface area contributed by atoms with Gasteiger partial charge in [0.25, 0.3) is 173 Å². The molecule has 0 aliphatic carbocycles. The third kappa shape index (κ3) is 6600. The van der Waals surface area contributed by atoms with Gasteiger partial charge in [0.05, 0.1) is 13.0 Å². The number of carboxylic acid groups (broad SMARTS) is 30. The van der Waals surface area contributed by atoms with Crippen LogP contribution >= 0.6 is 0 Å². The van der Waals surface area contributed by atoms with Crippen molar-refractivity contribution in [1.82, 2.24) is 0 Å². The first-order chi connectivity index (χ1) is 53.0. The zero-order valence-corrected chi connectivity index (χ0v) is 71.5. The van der Waals surface area contributed by atoms with Crippen molar-refractivity contribution in [1.29, 1.82) is 0 Å². The largest absolute Gasteiger partial charge is 0.481 e. The Morgan fingerprint density at radius 2 is 0.131 bits per heavy atom. The van der Waals surface area contributed by atoms with E-state index in [1.807, 2.05) is 0 Å². The Labute approximate surface area is 693 Å². The van der Waals surface area contributed by atoms with Crippen LogP contribution in [0, 0.1) is 0 Å². The lowest BCUT2D eigenvalue weighted by Gasteiger charge is -1.79. The van der Waals surface area contributed by atoms with E-state index in [0.717, 1.165) is 201 Å². The van der Waals surface area contributed by atoms with Crippen molar-refractivity contribution in [3.05, 3.63) is 0 Å². The van der Waals surface area contributed by atoms with Gasteiger partial charge in [-0.15, -0.1) is 0 Å². The summed E-state index contributed by atoms with van der Waals surface area (Å²) in [6, 6.07) is 0. The van der Waals surface area contributed by atoms with Gasteiger partial charge in [0, 0.05) is 201 Å². The van der Waals surface area contributed by atoms with Gasteiger partial charge in [-0.1, -0.05) is 0 Å². The molecule has 0 amide bonds. The van der Waals surface area contributed by atoms with Gasteiger partial charge in [0.2, 0.25) is 0 Å². The van der Waals surface area contributed by atoms with Crippen LogP contribution in [0.5, 0.6) is 0 Å². The van der Waals surface area contributed by atoms with Gasteiger partial charge in [-0.3, -0.25) is 144 Å². The van der Waals surface area contributed by atoms with Crippen LogP contribution in [0.25, 0.3) is 0 Å². The monoisotopic (exact) mass is 1830 g/mol. The fraction of sp³-hybridized carbons (Fsp3) is 0.508. The number of carboxylic acids is 30. The van der Waals surface area contributed by atoms with E-state index in [0.29, 0.717) is 0 Å². The van der Waals surface area contributed by atoms with Crippen LogP contribution in [0.3, 0.4) is 0 Å². The minimum atomic E-state index is -0.961. The number of aliphatic hydroxyl groups is 1. The van der Waals surface area contributed by atoms with Gasteiger partial charge in [-0.05, 0) is 0 Å². The third-order valence-corrected chi connectivity index (χ3v) is 0.326. The Kier molecular flexibility index (Phi) is 326. The summed E-state index contributed by atoms with van der Waals surface area (Å²) in [4.78, 5) is 270. The predicted molar refractivity (Wildman–Crippen MR) is 405 cm³/mol. The Bertz CT molecular complexity index is 1770. The second-order valence-corrected chi connectivity index (χ2v) is 15.9. The van der Waals surface area contributed by atoms with Crippen LogP contribution in [0.4, 0.5) is 0 Å². The molecule has 0 heterocycles. The Balaban J connectivity index is -0.0000000256. The highest BCUT2D eigenvalue weighted by atomic mass is 16.4. The maximum atomic E-state index is 9.44. The molecule has 0 aliphatic rings. The van der Waals surface area contributed by atoms with Crippen molar-refractivity contribution in [2.24, 2.45) is 0 Å². The average molecular weight is 1830 g/mol. The number of aliphatic hydroxyl groups excluding tert-OH is 1. The number of carbonyl (C=O) groups is 30. The van der Waals surface area contributed by atoms with Crippen LogP contribution in [-0.2, 0) is 144 Å². The molecule has 0 aliphatic heterocycles. The average Bonchev–Trinajstić information content (AvgIpc) is 1.19. The molecule has 0 aromatic carbocycles. The zero-order valence-electron chi connectivity index (χ0n) is 71.5. The molecule has 732 valence electrons. The molecule has 0 aromatic heterocycles. The molecule has 122 heavy (non-hydrogen) atoms. The summed E-state index contributed by atoms with van der Waals surface area (Å²) >= 11 is 0. The summed E-state index contributed by atoms with van der Waals surface area (Å²) in [5.74, 6) is -25.1. The molecule has 31 N–H and O–H groups in total. The van der Waals surface area contributed by atoms with Crippen LogP contribution in [0.2, 0.25) is 0 Å². The topological polar surface area (TPSA) is 1140 Å². The van der Waals surface area contributed by atoms with Gasteiger partial charge in [-0.2, -0.15) is 0 Å². The van der Waals surface area contributed by atoms with Crippen LogP contribution < -0.4 is 0 Å². The van der Waals surface area contributed by atoms with Crippen molar-refractivity contribution in [3.63, 3.8) is 0 Å². The minimum absolute atomic E-state index is 0.153. The van der Waals surface area contributed by atoms with Crippen molar-refractivity contribution in [2.75, 3.05) is 6.61 Å². The molecule has 0 atom stereocenters.